The second-order valence-corrected chi connectivity index (χ2v) is 6.94. The highest BCUT2D eigenvalue weighted by molar-refractivity contribution is 9.10. The largest absolute Gasteiger partial charge is 0.497 e. The van der Waals surface area contributed by atoms with E-state index in [1.54, 1.807) is 49.6 Å². The third kappa shape index (κ3) is 4.63. The Labute approximate surface area is 175 Å². The number of anilines is 1. The average Bonchev–Trinajstić information content (AvgIpc) is 3.17. The first-order chi connectivity index (χ1) is 13.5. The minimum absolute atomic E-state index is 0.0782. The van der Waals surface area contributed by atoms with Crippen LogP contribution < -0.4 is 10.1 Å². The Kier molecular flexibility index (Phi) is 6.19. The maximum Gasteiger partial charge on any atom is 0.266 e. The molecule has 0 atom stereocenters. The monoisotopic (exact) mass is 456 g/mol. The van der Waals surface area contributed by atoms with Gasteiger partial charge in [-0.25, -0.2) is 0 Å². The molecule has 0 aliphatic carbocycles. The molecule has 5 nitrogen and oxygen atoms in total. The van der Waals surface area contributed by atoms with Crippen LogP contribution in [0.5, 0.6) is 5.75 Å². The molecule has 1 heterocycles. The fourth-order valence-corrected chi connectivity index (χ4v) is 2.83. The summed E-state index contributed by atoms with van der Waals surface area (Å²) in [5.41, 5.74) is 1.26. The van der Waals surface area contributed by atoms with Crippen molar-refractivity contribution in [3.05, 3.63) is 75.4 Å². The predicted molar refractivity (Wildman–Crippen MR) is 112 cm³/mol. The molecule has 0 bridgehead atoms. The molecule has 2 aromatic carbocycles. The maximum absolute atomic E-state index is 12.4. The highest BCUT2D eigenvalue weighted by Gasteiger charge is 2.12. The molecule has 1 aromatic heterocycles. The first-order valence-corrected chi connectivity index (χ1v) is 9.29. The Balaban J connectivity index is 1.78. The topological polar surface area (TPSA) is 75.3 Å². The lowest BCUT2D eigenvalue weighted by Gasteiger charge is -2.05. The molecule has 0 spiro atoms. The SMILES string of the molecule is COc1ccc(NC(=O)/C(C#N)=C\c2ccc(-c3ccc(Br)c(Cl)c3)o2)cc1. The predicted octanol–water partition coefficient (Wildman–Crippen LogP) is 5.92. The van der Waals surface area contributed by atoms with Gasteiger partial charge in [0.15, 0.2) is 0 Å². The molecule has 1 amide bonds. The molecule has 3 rings (SSSR count). The van der Waals surface area contributed by atoms with Gasteiger partial charge in [0.25, 0.3) is 5.91 Å². The molecular formula is C21H14BrClN2O3. The molecule has 0 aliphatic rings. The van der Waals surface area contributed by atoms with Gasteiger partial charge in [0.2, 0.25) is 0 Å². The fraction of sp³-hybridized carbons (Fsp3) is 0.0476. The van der Waals surface area contributed by atoms with Gasteiger partial charge in [-0.15, -0.1) is 0 Å². The normalized spacial score (nSPS) is 11.0. The summed E-state index contributed by atoms with van der Waals surface area (Å²) in [6, 6.07) is 17.6. The highest BCUT2D eigenvalue weighted by atomic mass is 79.9. The Bertz CT molecular complexity index is 1080. The minimum Gasteiger partial charge on any atom is -0.497 e. The number of carbonyl (C=O) groups is 1. The molecular weight excluding hydrogens is 444 g/mol. The number of methoxy groups -OCH3 is 1. The van der Waals surface area contributed by atoms with Crippen LogP contribution in [0.4, 0.5) is 5.69 Å². The van der Waals surface area contributed by atoms with E-state index in [0.29, 0.717) is 28.0 Å². The van der Waals surface area contributed by atoms with E-state index in [9.17, 15) is 10.1 Å². The number of hydrogen-bond acceptors (Lipinski definition) is 4. The number of benzene rings is 2. The van der Waals surface area contributed by atoms with Crippen LogP contribution in [-0.2, 0) is 4.79 Å². The summed E-state index contributed by atoms with van der Waals surface area (Å²) >= 11 is 9.45. The van der Waals surface area contributed by atoms with Gasteiger partial charge in [-0.05, 0) is 64.5 Å². The third-order valence-corrected chi connectivity index (χ3v) is 5.06. The lowest BCUT2D eigenvalue weighted by molar-refractivity contribution is -0.112. The van der Waals surface area contributed by atoms with Crippen LogP contribution in [0.2, 0.25) is 5.02 Å². The number of rotatable bonds is 5. The zero-order chi connectivity index (χ0) is 20.1. The quantitative estimate of drug-likeness (QED) is 0.381. The van der Waals surface area contributed by atoms with Gasteiger partial charge in [-0.2, -0.15) is 5.26 Å². The van der Waals surface area contributed by atoms with Gasteiger partial charge in [-0.3, -0.25) is 4.79 Å². The van der Waals surface area contributed by atoms with Crippen molar-refractivity contribution in [1.29, 1.82) is 5.26 Å². The van der Waals surface area contributed by atoms with Crippen molar-refractivity contribution < 1.29 is 13.9 Å². The second kappa shape index (κ2) is 8.79. The number of nitriles is 1. The van der Waals surface area contributed by atoms with E-state index in [2.05, 4.69) is 21.2 Å². The fourth-order valence-electron chi connectivity index (χ4n) is 2.40. The average molecular weight is 458 g/mol. The van der Waals surface area contributed by atoms with Gasteiger partial charge < -0.3 is 14.5 Å². The Hall–Kier alpha value is -3.01. The second-order valence-electron chi connectivity index (χ2n) is 5.68. The highest BCUT2D eigenvalue weighted by Crippen LogP contribution is 2.30. The number of nitrogens with one attached hydrogen (secondary N) is 1. The number of halogens is 2. The van der Waals surface area contributed by atoms with E-state index in [4.69, 9.17) is 20.8 Å². The smallest absolute Gasteiger partial charge is 0.266 e. The lowest BCUT2D eigenvalue weighted by Crippen LogP contribution is -2.13. The zero-order valence-corrected chi connectivity index (χ0v) is 17.0. The van der Waals surface area contributed by atoms with Crippen molar-refractivity contribution in [1.82, 2.24) is 0 Å². The third-order valence-electron chi connectivity index (χ3n) is 3.83. The van der Waals surface area contributed by atoms with Gasteiger partial charge in [0.1, 0.15) is 28.9 Å². The molecule has 0 saturated heterocycles. The first kappa shape index (κ1) is 19.7. The molecule has 0 fully saturated rings. The molecule has 28 heavy (non-hydrogen) atoms. The van der Waals surface area contributed by atoms with Crippen molar-refractivity contribution in [2.75, 3.05) is 12.4 Å². The standard InChI is InChI=1S/C21H14BrClN2O3/c1-27-16-5-3-15(4-6-16)25-21(26)14(12-24)10-17-7-9-20(28-17)13-2-8-18(22)19(23)11-13/h2-11H,1H3,(H,25,26)/b14-10-. The van der Waals surface area contributed by atoms with Crippen LogP contribution >= 0.6 is 27.5 Å². The van der Waals surface area contributed by atoms with Gasteiger partial charge in [0, 0.05) is 21.8 Å². The summed E-state index contributed by atoms with van der Waals surface area (Å²) in [7, 11) is 1.56. The van der Waals surface area contributed by atoms with E-state index in [1.165, 1.54) is 6.08 Å². The van der Waals surface area contributed by atoms with Crippen LogP contribution in [0.3, 0.4) is 0 Å². The minimum atomic E-state index is -0.530. The molecule has 3 aromatic rings. The van der Waals surface area contributed by atoms with Crippen LogP contribution in [0, 0.1) is 11.3 Å². The van der Waals surface area contributed by atoms with E-state index >= 15 is 0 Å². The zero-order valence-electron chi connectivity index (χ0n) is 14.7. The number of hydrogen-bond donors (Lipinski definition) is 1. The molecule has 0 saturated carbocycles. The van der Waals surface area contributed by atoms with Crippen LogP contribution in [-0.4, -0.2) is 13.0 Å². The van der Waals surface area contributed by atoms with Crippen molar-refractivity contribution in [3.63, 3.8) is 0 Å². The molecule has 0 radical (unpaired) electrons. The van der Waals surface area contributed by atoms with Crippen LogP contribution in [0.25, 0.3) is 17.4 Å². The lowest BCUT2D eigenvalue weighted by atomic mass is 10.2. The Morgan fingerprint density at radius 1 is 1.21 bits per heavy atom. The first-order valence-electron chi connectivity index (χ1n) is 8.12. The Morgan fingerprint density at radius 3 is 2.61 bits per heavy atom. The molecule has 1 N–H and O–H groups in total. The van der Waals surface area contributed by atoms with Crippen molar-refractivity contribution in [2.45, 2.75) is 0 Å². The van der Waals surface area contributed by atoms with E-state index in [1.807, 2.05) is 18.2 Å². The number of furan rings is 1. The summed E-state index contributed by atoms with van der Waals surface area (Å²) in [4.78, 5) is 12.4. The van der Waals surface area contributed by atoms with Crippen molar-refractivity contribution in [2.24, 2.45) is 0 Å². The van der Waals surface area contributed by atoms with E-state index in [0.717, 1.165) is 10.0 Å². The van der Waals surface area contributed by atoms with Crippen LogP contribution in [0.15, 0.2) is 69.1 Å². The number of amides is 1. The molecule has 140 valence electrons. The van der Waals surface area contributed by atoms with Crippen molar-refractivity contribution >= 4 is 45.2 Å². The number of ether oxygens (including phenoxy) is 1. The summed E-state index contributed by atoms with van der Waals surface area (Å²) < 4.78 is 11.6. The van der Waals surface area contributed by atoms with Gasteiger partial charge >= 0.3 is 0 Å². The summed E-state index contributed by atoms with van der Waals surface area (Å²) in [6.07, 6.45) is 1.39. The van der Waals surface area contributed by atoms with Gasteiger partial charge in [-0.1, -0.05) is 17.7 Å². The number of carbonyl (C=O) groups excluding carboxylic acids is 1. The maximum atomic E-state index is 12.4. The van der Waals surface area contributed by atoms with Crippen molar-refractivity contribution in [3.8, 4) is 23.1 Å². The summed E-state index contributed by atoms with van der Waals surface area (Å²) in [6.45, 7) is 0. The number of nitrogens with zero attached hydrogens (tertiary/aromatic N) is 1. The molecule has 7 heteroatoms. The Morgan fingerprint density at radius 2 is 1.96 bits per heavy atom. The van der Waals surface area contributed by atoms with Gasteiger partial charge in [0.05, 0.1) is 12.1 Å². The van der Waals surface area contributed by atoms with E-state index in [-0.39, 0.29) is 5.57 Å². The van der Waals surface area contributed by atoms with E-state index < -0.39 is 5.91 Å². The summed E-state index contributed by atoms with van der Waals surface area (Å²) in [5, 5.41) is 12.6. The summed E-state index contributed by atoms with van der Waals surface area (Å²) in [5.74, 6) is 1.10. The molecule has 0 aliphatic heterocycles. The van der Waals surface area contributed by atoms with Crippen LogP contribution in [0.1, 0.15) is 5.76 Å². The molecule has 0 unspecified atom stereocenters.